The van der Waals surface area contributed by atoms with Crippen molar-refractivity contribution in [3.8, 4) is 0 Å². The molecule has 24 heavy (non-hydrogen) atoms. The third-order valence-corrected chi connectivity index (χ3v) is 4.12. The van der Waals surface area contributed by atoms with Crippen molar-refractivity contribution in [1.82, 2.24) is 0 Å². The Morgan fingerprint density at radius 1 is 0.833 bits per heavy atom. The summed E-state index contributed by atoms with van der Waals surface area (Å²) < 4.78 is 20.2. The summed E-state index contributed by atoms with van der Waals surface area (Å²) in [6.45, 7) is -1.14. The van der Waals surface area contributed by atoms with Crippen LogP contribution in [0.1, 0.15) is 0 Å². The monoisotopic (exact) mass is 356 g/mol. The molecule has 0 unspecified atom stereocenters. The predicted octanol–water partition coefficient (Wildman–Crippen LogP) is -4.74. The van der Waals surface area contributed by atoms with Crippen molar-refractivity contribution in [3.63, 3.8) is 0 Å². The Kier molecular flexibility index (Phi) is 6.87. The highest BCUT2D eigenvalue weighted by Crippen LogP contribution is 2.27. The van der Waals surface area contributed by atoms with Crippen molar-refractivity contribution in [1.29, 1.82) is 0 Å². The van der Waals surface area contributed by atoms with Gasteiger partial charge in [-0.15, -0.1) is 0 Å². The summed E-state index contributed by atoms with van der Waals surface area (Å²) in [5.74, 6) is 0. The lowest BCUT2D eigenvalue weighted by Gasteiger charge is -2.23. The molecular weight excluding hydrogens is 332 g/mol. The van der Waals surface area contributed by atoms with Gasteiger partial charge in [0.2, 0.25) is 0 Å². The Hall–Kier alpha value is -0.440. The van der Waals surface area contributed by atoms with Crippen molar-refractivity contribution >= 4 is 0 Å². The minimum absolute atomic E-state index is 0.457. The lowest BCUT2D eigenvalue weighted by molar-refractivity contribution is -0.208. The van der Waals surface area contributed by atoms with Gasteiger partial charge in [-0.3, -0.25) is 0 Å². The van der Waals surface area contributed by atoms with Gasteiger partial charge in [0.25, 0.3) is 0 Å². The van der Waals surface area contributed by atoms with Gasteiger partial charge < -0.3 is 54.7 Å². The Labute approximate surface area is 137 Å². The van der Waals surface area contributed by atoms with Gasteiger partial charge in [0.1, 0.15) is 48.8 Å². The molecule has 2 rings (SSSR count). The number of hydrogen-bond acceptors (Lipinski definition) is 11. The van der Waals surface area contributed by atoms with E-state index in [0.29, 0.717) is 0 Å². The summed E-state index contributed by atoms with van der Waals surface area (Å²) in [5.41, 5.74) is 0. The van der Waals surface area contributed by atoms with E-state index in [-0.39, 0.29) is 0 Å². The van der Waals surface area contributed by atoms with E-state index in [9.17, 15) is 30.6 Å². The summed E-state index contributed by atoms with van der Waals surface area (Å²) in [6, 6.07) is 0. The van der Waals surface area contributed by atoms with Crippen LogP contribution in [0, 0.1) is 0 Å². The van der Waals surface area contributed by atoms with E-state index in [1.165, 1.54) is 7.11 Å². The fourth-order valence-corrected chi connectivity index (χ4v) is 2.70. The molecule has 0 radical (unpaired) electrons. The molecule has 11 heteroatoms. The molecule has 2 saturated heterocycles. The predicted molar refractivity (Wildman–Crippen MR) is 73.4 cm³/mol. The number of rotatable bonds is 7. The second kappa shape index (κ2) is 8.29. The maximum absolute atomic E-state index is 10.0. The normalized spacial score (nSPS) is 45.5. The van der Waals surface area contributed by atoms with Gasteiger partial charge in [-0.2, -0.15) is 0 Å². The van der Waals surface area contributed by atoms with Crippen LogP contribution in [0.3, 0.4) is 0 Å². The molecule has 0 bridgehead atoms. The fraction of sp³-hybridized carbons (Fsp3) is 1.00. The molecule has 10 atom stereocenters. The number of methoxy groups -OCH3 is 1. The third-order valence-electron chi connectivity index (χ3n) is 4.12. The van der Waals surface area contributed by atoms with Crippen LogP contribution < -0.4 is 0 Å². The van der Waals surface area contributed by atoms with Crippen LogP contribution in [0.4, 0.5) is 0 Å². The first kappa shape index (κ1) is 19.9. The molecule has 0 aromatic carbocycles. The Bertz CT molecular complexity index is 396. The first-order valence-electron chi connectivity index (χ1n) is 7.46. The molecule has 0 saturated carbocycles. The van der Waals surface area contributed by atoms with E-state index in [1.807, 2.05) is 0 Å². The molecule has 2 fully saturated rings. The average Bonchev–Trinajstić information content (AvgIpc) is 3.03. The van der Waals surface area contributed by atoms with Crippen molar-refractivity contribution < 1.29 is 54.7 Å². The molecule has 0 aromatic rings. The van der Waals surface area contributed by atoms with Crippen molar-refractivity contribution in [2.24, 2.45) is 0 Å². The molecule has 11 nitrogen and oxygen atoms in total. The molecule has 7 N–H and O–H groups in total. The molecule has 142 valence electrons. The number of aliphatic hydroxyl groups is 7. The average molecular weight is 356 g/mol. The Balaban J connectivity index is 1.87. The fourth-order valence-electron chi connectivity index (χ4n) is 2.70. The highest BCUT2D eigenvalue weighted by Gasteiger charge is 2.49. The summed E-state index contributed by atoms with van der Waals surface area (Å²) in [6.07, 6.45) is -13.4. The van der Waals surface area contributed by atoms with Gasteiger partial charge in [-0.05, 0) is 0 Å². The van der Waals surface area contributed by atoms with Crippen molar-refractivity contribution in [2.45, 2.75) is 61.4 Å². The highest BCUT2D eigenvalue weighted by molar-refractivity contribution is 4.92. The summed E-state index contributed by atoms with van der Waals surface area (Å²) in [4.78, 5) is 0. The quantitative estimate of drug-likeness (QED) is 0.233. The molecule has 2 heterocycles. The smallest absolute Gasteiger partial charge is 0.186 e. The van der Waals surface area contributed by atoms with Crippen LogP contribution in [0.2, 0.25) is 0 Å². The SMILES string of the molecule is CO[C@@H]1O[C@@H]([C@H](O)CO[C@@H]2O[C@@H]([C@H](O)CO)[C@H](O)[C@H]2O)[C@H](O)[C@H]1O. The van der Waals surface area contributed by atoms with Gasteiger partial charge in [-0.25, -0.2) is 0 Å². The van der Waals surface area contributed by atoms with Crippen LogP contribution >= 0.6 is 0 Å². The van der Waals surface area contributed by atoms with Crippen LogP contribution in [0.25, 0.3) is 0 Å². The second-order valence-electron chi connectivity index (χ2n) is 5.79. The Morgan fingerprint density at radius 3 is 1.83 bits per heavy atom. The van der Waals surface area contributed by atoms with Gasteiger partial charge in [0, 0.05) is 7.11 Å². The zero-order chi connectivity index (χ0) is 18.0. The topological polar surface area (TPSA) is 179 Å². The molecule has 0 spiro atoms. The molecular formula is C13H24O11. The molecule has 0 aromatic heterocycles. The van der Waals surface area contributed by atoms with Gasteiger partial charge in [0.05, 0.1) is 13.2 Å². The van der Waals surface area contributed by atoms with E-state index < -0.39 is 74.6 Å². The first-order valence-corrected chi connectivity index (χ1v) is 7.46. The second-order valence-corrected chi connectivity index (χ2v) is 5.79. The number of hydrogen-bond donors (Lipinski definition) is 7. The van der Waals surface area contributed by atoms with Crippen molar-refractivity contribution in [3.05, 3.63) is 0 Å². The Morgan fingerprint density at radius 2 is 1.33 bits per heavy atom. The van der Waals surface area contributed by atoms with E-state index >= 15 is 0 Å². The van der Waals surface area contributed by atoms with Gasteiger partial charge >= 0.3 is 0 Å². The summed E-state index contributed by atoms with van der Waals surface area (Å²) in [5, 5.41) is 67.4. The first-order chi connectivity index (χ1) is 11.3. The summed E-state index contributed by atoms with van der Waals surface area (Å²) >= 11 is 0. The minimum atomic E-state index is -1.50. The highest BCUT2D eigenvalue weighted by atomic mass is 16.7. The summed E-state index contributed by atoms with van der Waals surface area (Å²) in [7, 11) is 1.27. The standard InChI is InChI=1S/C13H24O11/c1-21-12-8(19)6(17)11(23-12)5(16)3-22-13-9(20)7(18)10(24-13)4(15)2-14/h4-20H,2-3H2,1H3/t4-,5-,6-,7-,8-,9-,10+,11+,12-,13-/m1/s1. The van der Waals surface area contributed by atoms with Crippen LogP contribution in [0.5, 0.6) is 0 Å². The van der Waals surface area contributed by atoms with Crippen LogP contribution in [-0.4, -0.2) is 117 Å². The van der Waals surface area contributed by atoms with E-state index in [4.69, 9.17) is 24.1 Å². The van der Waals surface area contributed by atoms with Crippen LogP contribution in [-0.2, 0) is 18.9 Å². The van der Waals surface area contributed by atoms with E-state index in [0.717, 1.165) is 0 Å². The van der Waals surface area contributed by atoms with Gasteiger partial charge in [0.15, 0.2) is 12.6 Å². The zero-order valence-electron chi connectivity index (χ0n) is 13.0. The van der Waals surface area contributed by atoms with Gasteiger partial charge in [-0.1, -0.05) is 0 Å². The van der Waals surface area contributed by atoms with E-state index in [1.54, 1.807) is 0 Å². The maximum Gasteiger partial charge on any atom is 0.186 e. The molecule has 2 aliphatic rings. The largest absolute Gasteiger partial charge is 0.394 e. The number of ether oxygens (including phenoxy) is 4. The molecule has 0 amide bonds. The molecule has 0 aliphatic carbocycles. The molecule has 2 aliphatic heterocycles. The number of aliphatic hydroxyl groups excluding tert-OH is 7. The third kappa shape index (κ3) is 3.86. The zero-order valence-corrected chi connectivity index (χ0v) is 13.0. The lowest BCUT2D eigenvalue weighted by atomic mass is 10.1. The lowest BCUT2D eigenvalue weighted by Crippen LogP contribution is -2.43. The van der Waals surface area contributed by atoms with Crippen molar-refractivity contribution in [2.75, 3.05) is 20.3 Å². The maximum atomic E-state index is 10.0. The van der Waals surface area contributed by atoms with E-state index in [2.05, 4.69) is 0 Å². The minimum Gasteiger partial charge on any atom is -0.394 e. The van der Waals surface area contributed by atoms with Crippen LogP contribution in [0.15, 0.2) is 0 Å².